The molecule has 0 saturated carbocycles. The minimum absolute atomic E-state index is 0.120. The predicted molar refractivity (Wildman–Crippen MR) is 74.8 cm³/mol. The number of aliphatic hydroxyl groups is 1. The van der Waals surface area contributed by atoms with Gasteiger partial charge in [0, 0.05) is 11.8 Å². The second-order valence-electron chi connectivity index (χ2n) is 5.93. The molecule has 2 rings (SSSR count). The Morgan fingerprint density at radius 3 is 2.35 bits per heavy atom. The predicted octanol–water partition coefficient (Wildman–Crippen LogP) is 1.28. The van der Waals surface area contributed by atoms with Gasteiger partial charge in [0.15, 0.2) is 11.5 Å². The number of benzene rings is 1. The van der Waals surface area contributed by atoms with Crippen LogP contribution < -0.4 is 20.5 Å². The Bertz CT molecular complexity index is 547. The number of rotatable bonds is 3. The lowest BCUT2D eigenvalue weighted by molar-refractivity contribution is -0.00291. The molecule has 6 nitrogen and oxygen atoms in total. The van der Waals surface area contributed by atoms with Crippen LogP contribution in [-0.2, 0) is 0 Å². The van der Waals surface area contributed by atoms with Gasteiger partial charge in [-0.15, -0.1) is 0 Å². The maximum atomic E-state index is 12.3. The zero-order chi connectivity index (χ0) is 15.1. The molecule has 0 atom stereocenters. The van der Waals surface area contributed by atoms with Crippen molar-refractivity contribution in [2.75, 3.05) is 12.5 Å². The van der Waals surface area contributed by atoms with Crippen molar-refractivity contribution in [3.63, 3.8) is 0 Å². The van der Waals surface area contributed by atoms with E-state index in [-0.39, 0.29) is 12.7 Å². The van der Waals surface area contributed by atoms with Crippen molar-refractivity contribution >= 4 is 11.6 Å². The van der Waals surface area contributed by atoms with Gasteiger partial charge in [-0.2, -0.15) is 0 Å². The van der Waals surface area contributed by atoms with Crippen LogP contribution in [0.5, 0.6) is 11.5 Å². The lowest BCUT2D eigenvalue weighted by atomic mass is 9.85. The Balaban J connectivity index is 2.27. The zero-order valence-electron chi connectivity index (χ0n) is 12.1. The highest BCUT2D eigenvalue weighted by Crippen LogP contribution is 2.36. The van der Waals surface area contributed by atoms with Gasteiger partial charge in [-0.05, 0) is 33.8 Å². The number of nitrogens with two attached hydrogens (primary N) is 1. The van der Waals surface area contributed by atoms with Crippen LogP contribution in [0.15, 0.2) is 12.1 Å². The van der Waals surface area contributed by atoms with Crippen molar-refractivity contribution in [2.24, 2.45) is 0 Å². The summed E-state index contributed by atoms with van der Waals surface area (Å²) in [6.07, 6.45) is 0. The van der Waals surface area contributed by atoms with Crippen molar-refractivity contribution in [3.05, 3.63) is 17.7 Å². The van der Waals surface area contributed by atoms with Gasteiger partial charge < -0.3 is 25.6 Å². The van der Waals surface area contributed by atoms with Crippen LogP contribution in [0.2, 0.25) is 0 Å². The molecule has 1 aliphatic heterocycles. The summed E-state index contributed by atoms with van der Waals surface area (Å²) in [7, 11) is 0. The number of hydrogen-bond donors (Lipinski definition) is 3. The van der Waals surface area contributed by atoms with E-state index in [1.807, 2.05) is 0 Å². The number of ether oxygens (including phenoxy) is 2. The molecule has 0 aromatic heterocycles. The topological polar surface area (TPSA) is 93.8 Å². The van der Waals surface area contributed by atoms with E-state index in [2.05, 4.69) is 5.32 Å². The number of carbonyl (C=O) groups excluding carboxylic acids is 1. The van der Waals surface area contributed by atoms with E-state index in [0.717, 1.165) is 0 Å². The lowest BCUT2D eigenvalue weighted by Gasteiger charge is -2.38. The number of nitrogens with one attached hydrogen (secondary N) is 1. The Labute approximate surface area is 117 Å². The minimum atomic E-state index is -1.08. The number of anilines is 1. The highest BCUT2D eigenvalue weighted by molar-refractivity contribution is 6.00. The van der Waals surface area contributed by atoms with Gasteiger partial charge in [0.2, 0.25) is 6.79 Å². The third-order valence-electron chi connectivity index (χ3n) is 3.74. The summed E-state index contributed by atoms with van der Waals surface area (Å²) in [5.41, 5.74) is 4.58. The van der Waals surface area contributed by atoms with Gasteiger partial charge >= 0.3 is 0 Å². The quantitative estimate of drug-likeness (QED) is 0.725. The molecular formula is C14H20N2O4. The van der Waals surface area contributed by atoms with E-state index >= 15 is 0 Å². The molecule has 0 spiro atoms. The number of amides is 1. The van der Waals surface area contributed by atoms with Gasteiger partial charge in [0.05, 0.1) is 16.7 Å². The van der Waals surface area contributed by atoms with E-state index in [1.165, 1.54) is 0 Å². The van der Waals surface area contributed by atoms with Gasteiger partial charge in [0.1, 0.15) is 0 Å². The summed E-state index contributed by atoms with van der Waals surface area (Å²) in [4.78, 5) is 12.3. The van der Waals surface area contributed by atoms with Crippen molar-refractivity contribution < 1.29 is 19.4 Å². The van der Waals surface area contributed by atoms with E-state index in [4.69, 9.17) is 15.2 Å². The molecule has 0 bridgehead atoms. The maximum absolute atomic E-state index is 12.3. The van der Waals surface area contributed by atoms with Crippen molar-refractivity contribution in [1.29, 1.82) is 0 Å². The van der Waals surface area contributed by atoms with E-state index in [9.17, 15) is 9.90 Å². The Morgan fingerprint density at radius 2 is 1.80 bits per heavy atom. The molecule has 1 aromatic carbocycles. The molecule has 4 N–H and O–H groups in total. The molecular weight excluding hydrogens is 260 g/mol. The fourth-order valence-electron chi connectivity index (χ4n) is 1.66. The fourth-order valence-corrected chi connectivity index (χ4v) is 1.66. The molecule has 0 fully saturated rings. The van der Waals surface area contributed by atoms with E-state index in [0.29, 0.717) is 22.7 Å². The summed E-state index contributed by atoms with van der Waals surface area (Å²) in [6, 6.07) is 3.11. The SMILES string of the molecule is CC(C)(O)C(C)(C)NC(=O)c1cc2c(cc1N)OCO2. The molecule has 1 amide bonds. The average Bonchev–Trinajstić information content (AvgIpc) is 2.72. The van der Waals surface area contributed by atoms with Crippen molar-refractivity contribution in [3.8, 4) is 11.5 Å². The van der Waals surface area contributed by atoms with Gasteiger partial charge in [0.25, 0.3) is 5.91 Å². The number of carbonyl (C=O) groups is 1. The molecule has 6 heteroatoms. The van der Waals surface area contributed by atoms with E-state index < -0.39 is 11.1 Å². The average molecular weight is 280 g/mol. The first-order chi connectivity index (χ1) is 9.12. The molecule has 20 heavy (non-hydrogen) atoms. The van der Waals surface area contributed by atoms with Gasteiger partial charge in [-0.25, -0.2) is 0 Å². The summed E-state index contributed by atoms with van der Waals surface area (Å²) in [5, 5.41) is 12.9. The van der Waals surface area contributed by atoms with Crippen molar-refractivity contribution in [1.82, 2.24) is 5.32 Å². The third-order valence-corrected chi connectivity index (χ3v) is 3.74. The minimum Gasteiger partial charge on any atom is -0.454 e. The monoisotopic (exact) mass is 280 g/mol. The van der Waals surface area contributed by atoms with Gasteiger partial charge in [-0.3, -0.25) is 4.79 Å². The zero-order valence-corrected chi connectivity index (χ0v) is 12.1. The molecule has 0 unspecified atom stereocenters. The van der Waals surface area contributed by atoms with Crippen LogP contribution in [-0.4, -0.2) is 28.9 Å². The summed E-state index contributed by atoms with van der Waals surface area (Å²) >= 11 is 0. The Hall–Kier alpha value is -1.95. The maximum Gasteiger partial charge on any atom is 0.254 e. The third kappa shape index (κ3) is 2.51. The Kier molecular flexibility index (Phi) is 3.29. The first-order valence-electron chi connectivity index (χ1n) is 6.36. The highest BCUT2D eigenvalue weighted by Gasteiger charge is 2.37. The van der Waals surface area contributed by atoms with Crippen LogP contribution in [0, 0.1) is 0 Å². The second kappa shape index (κ2) is 4.56. The second-order valence-corrected chi connectivity index (χ2v) is 5.93. The van der Waals surface area contributed by atoms with Crippen LogP contribution in [0.25, 0.3) is 0 Å². The smallest absolute Gasteiger partial charge is 0.254 e. The summed E-state index contributed by atoms with van der Waals surface area (Å²) < 4.78 is 10.4. The van der Waals surface area contributed by atoms with Gasteiger partial charge in [-0.1, -0.05) is 0 Å². The molecule has 0 radical (unpaired) electrons. The largest absolute Gasteiger partial charge is 0.454 e. The first-order valence-corrected chi connectivity index (χ1v) is 6.36. The molecule has 110 valence electrons. The normalized spacial score (nSPS) is 14.2. The Morgan fingerprint density at radius 1 is 1.25 bits per heavy atom. The first kappa shape index (κ1) is 14.5. The molecule has 1 aliphatic rings. The summed E-state index contributed by atoms with van der Waals surface area (Å²) in [6.45, 7) is 6.88. The van der Waals surface area contributed by atoms with Crippen LogP contribution in [0.4, 0.5) is 5.69 Å². The number of nitrogen functional groups attached to an aromatic ring is 1. The molecule has 0 aliphatic carbocycles. The molecule has 1 heterocycles. The van der Waals surface area contributed by atoms with Crippen LogP contribution >= 0.6 is 0 Å². The molecule has 1 aromatic rings. The van der Waals surface area contributed by atoms with E-state index in [1.54, 1.807) is 39.8 Å². The fraction of sp³-hybridized carbons (Fsp3) is 0.500. The standard InChI is InChI=1S/C14H20N2O4/c1-13(2,14(3,4)18)16-12(17)8-5-10-11(6-9(8)15)20-7-19-10/h5-6,18H,7,15H2,1-4H3,(H,16,17). The van der Waals surface area contributed by atoms with Crippen molar-refractivity contribution in [2.45, 2.75) is 38.8 Å². The number of fused-ring (bicyclic) bond motifs is 1. The number of hydrogen-bond acceptors (Lipinski definition) is 5. The van der Waals surface area contributed by atoms with Crippen LogP contribution in [0.3, 0.4) is 0 Å². The van der Waals surface area contributed by atoms with Crippen LogP contribution in [0.1, 0.15) is 38.1 Å². The molecule has 0 saturated heterocycles. The highest BCUT2D eigenvalue weighted by atomic mass is 16.7. The lowest BCUT2D eigenvalue weighted by Crippen LogP contribution is -2.57. The summed E-state index contributed by atoms with van der Waals surface area (Å²) in [5.74, 6) is 0.652.